The van der Waals surface area contributed by atoms with Gasteiger partial charge in [0.25, 0.3) is 0 Å². The second-order valence-electron chi connectivity index (χ2n) is 6.46. The van der Waals surface area contributed by atoms with Crippen LogP contribution in [0.2, 0.25) is 0 Å². The van der Waals surface area contributed by atoms with Crippen molar-refractivity contribution in [2.45, 2.75) is 57.9 Å². The summed E-state index contributed by atoms with van der Waals surface area (Å²) in [5, 5.41) is 0. The van der Waals surface area contributed by atoms with E-state index in [1.807, 2.05) is 0 Å². The second-order valence-corrected chi connectivity index (χ2v) is 6.46. The molecule has 0 N–H and O–H groups in total. The van der Waals surface area contributed by atoms with Crippen LogP contribution in [0, 0.1) is 18.8 Å². The molecule has 2 saturated carbocycles. The molecule has 0 saturated heterocycles. The van der Waals surface area contributed by atoms with Crippen molar-refractivity contribution in [1.29, 1.82) is 0 Å². The smallest absolute Gasteiger partial charge is 0.164 e. The SMILES string of the molecule is Cc1cc2c(n1C(C1CC1)C1CC1)CCCC2=O. The average Bonchev–Trinajstić information content (AvgIpc) is 3.23. The number of carbonyl (C=O) groups is 1. The Labute approximate surface area is 108 Å². The molecule has 0 spiro atoms. The number of rotatable bonds is 3. The van der Waals surface area contributed by atoms with Crippen molar-refractivity contribution < 1.29 is 4.79 Å². The van der Waals surface area contributed by atoms with Gasteiger partial charge < -0.3 is 4.57 Å². The van der Waals surface area contributed by atoms with Gasteiger partial charge in [-0.25, -0.2) is 0 Å². The minimum atomic E-state index is 0.378. The van der Waals surface area contributed by atoms with E-state index < -0.39 is 0 Å². The predicted octanol–water partition coefficient (Wildman–Crippen LogP) is 3.68. The molecule has 0 bridgehead atoms. The van der Waals surface area contributed by atoms with Crippen LogP contribution in [0.3, 0.4) is 0 Å². The van der Waals surface area contributed by atoms with E-state index in [0.29, 0.717) is 5.78 Å². The van der Waals surface area contributed by atoms with E-state index in [-0.39, 0.29) is 0 Å². The highest BCUT2D eigenvalue weighted by atomic mass is 16.1. The van der Waals surface area contributed by atoms with Crippen molar-refractivity contribution in [3.05, 3.63) is 23.0 Å². The summed E-state index contributed by atoms with van der Waals surface area (Å²) in [7, 11) is 0. The molecule has 3 aliphatic rings. The molecule has 96 valence electrons. The quantitative estimate of drug-likeness (QED) is 0.793. The third-order valence-corrected chi connectivity index (χ3v) is 4.96. The van der Waals surface area contributed by atoms with Crippen molar-refractivity contribution in [3.8, 4) is 0 Å². The molecule has 2 nitrogen and oxygen atoms in total. The molecule has 3 aliphatic carbocycles. The number of ketones is 1. The lowest BCUT2D eigenvalue weighted by Crippen LogP contribution is -2.20. The van der Waals surface area contributed by atoms with Gasteiger partial charge in [-0.3, -0.25) is 4.79 Å². The summed E-state index contributed by atoms with van der Waals surface area (Å²) in [4.78, 5) is 12.0. The summed E-state index contributed by atoms with van der Waals surface area (Å²) < 4.78 is 2.57. The Hall–Kier alpha value is -1.05. The van der Waals surface area contributed by atoms with Crippen molar-refractivity contribution in [2.75, 3.05) is 0 Å². The van der Waals surface area contributed by atoms with E-state index in [0.717, 1.165) is 42.7 Å². The average molecular weight is 243 g/mol. The Morgan fingerprint density at radius 2 is 1.83 bits per heavy atom. The standard InChI is InChI=1S/C16H21NO/c1-10-9-13-14(3-2-4-15(13)18)17(10)16(11-5-6-11)12-7-8-12/h9,11-12,16H,2-8H2,1H3. The number of hydrogen-bond acceptors (Lipinski definition) is 1. The fourth-order valence-electron chi connectivity index (χ4n) is 3.85. The van der Waals surface area contributed by atoms with Gasteiger partial charge in [0, 0.05) is 29.4 Å². The molecule has 1 aromatic rings. The van der Waals surface area contributed by atoms with Gasteiger partial charge in [0.1, 0.15) is 0 Å². The maximum absolute atomic E-state index is 12.0. The van der Waals surface area contributed by atoms with Crippen LogP contribution in [-0.2, 0) is 6.42 Å². The fraction of sp³-hybridized carbons (Fsp3) is 0.688. The molecule has 0 radical (unpaired) electrons. The van der Waals surface area contributed by atoms with Gasteiger partial charge in [0.15, 0.2) is 5.78 Å². The molecule has 0 aromatic carbocycles. The number of aromatic nitrogens is 1. The first-order valence-electron chi connectivity index (χ1n) is 7.49. The summed E-state index contributed by atoms with van der Waals surface area (Å²) in [6.45, 7) is 2.20. The van der Waals surface area contributed by atoms with Crippen molar-refractivity contribution in [1.82, 2.24) is 4.57 Å². The Morgan fingerprint density at radius 3 is 2.44 bits per heavy atom. The predicted molar refractivity (Wildman–Crippen MR) is 70.9 cm³/mol. The van der Waals surface area contributed by atoms with Gasteiger partial charge in [0.2, 0.25) is 0 Å². The van der Waals surface area contributed by atoms with Crippen LogP contribution in [0.25, 0.3) is 0 Å². The van der Waals surface area contributed by atoms with Crippen LogP contribution in [0.1, 0.15) is 66.3 Å². The molecule has 0 amide bonds. The third-order valence-electron chi connectivity index (χ3n) is 4.96. The first kappa shape index (κ1) is 10.8. The first-order valence-corrected chi connectivity index (χ1v) is 7.49. The van der Waals surface area contributed by atoms with Gasteiger partial charge in [0.05, 0.1) is 0 Å². The van der Waals surface area contributed by atoms with E-state index in [1.54, 1.807) is 0 Å². The number of aryl methyl sites for hydroxylation is 1. The molecule has 0 atom stereocenters. The molecular weight excluding hydrogens is 222 g/mol. The van der Waals surface area contributed by atoms with E-state index in [2.05, 4.69) is 17.6 Å². The fourth-order valence-corrected chi connectivity index (χ4v) is 3.85. The van der Waals surface area contributed by atoms with Crippen molar-refractivity contribution >= 4 is 5.78 Å². The molecule has 1 aromatic heterocycles. The number of carbonyl (C=O) groups excluding carboxylic acids is 1. The molecular formula is C16H21NO. The van der Waals surface area contributed by atoms with Crippen LogP contribution < -0.4 is 0 Å². The van der Waals surface area contributed by atoms with E-state index in [4.69, 9.17) is 0 Å². The molecule has 0 unspecified atom stereocenters. The largest absolute Gasteiger partial charge is 0.345 e. The summed E-state index contributed by atoms with van der Waals surface area (Å²) >= 11 is 0. The minimum absolute atomic E-state index is 0.378. The highest BCUT2D eigenvalue weighted by Gasteiger charge is 2.44. The third kappa shape index (κ3) is 1.58. The summed E-state index contributed by atoms with van der Waals surface area (Å²) in [6, 6.07) is 2.88. The molecule has 2 heteroatoms. The molecule has 18 heavy (non-hydrogen) atoms. The lowest BCUT2D eigenvalue weighted by Gasteiger charge is -2.25. The zero-order chi connectivity index (χ0) is 12.3. The maximum Gasteiger partial charge on any atom is 0.164 e. The van der Waals surface area contributed by atoms with E-state index in [1.165, 1.54) is 37.1 Å². The molecule has 1 heterocycles. The Balaban J connectivity index is 1.81. The number of hydrogen-bond donors (Lipinski definition) is 0. The van der Waals surface area contributed by atoms with Crippen molar-refractivity contribution in [2.24, 2.45) is 11.8 Å². The van der Waals surface area contributed by atoms with Crippen LogP contribution in [0.5, 0.6) is 0 Å². The van der Waals surface area contributed by atoms with Crippen LogP contribution in [0.15, 0.2) is 6.07 Å². The first-order chi connectivity index (χ1) is 8.75. The zero-order valence-electron chi connectivity index (χ0n) is 11.1. The zero-order valence-corrected chi connectivity index (χ0v) is 11.1. The number of nitrogens with zero attached hydrogens (tertiary/aromatic N) is 1. The molecule has 2 fully saturated rings. The summed E-state index contributed by atoms with van der Waals surface area (Å²) in [5.74, 6) is 2.19. The Morgan fingerprint density at radius 1 is 1.17 bits per heavy atom. The van der Waals surface area contributed by atoms with Gasteiger partial charge in [-0.15, -0.1) is 0 Å². The molecule has 4 rings (SSSR count). The normalized spacial score (nSPS) is 23.6. The van der Waals surface area contributed by atoms with E-state index in [9.17, 15) is 4.79 Å². The topological polar surface area (TPSA) is 22.0 Å². The van der Waals surface area contributed by atoms with Gasteiger partial charge in [-0.1, -0.05) is 0 Å². The lowest BCUT2D eigenvalue weighted by molar-refractivity contribution is 0.0971. The highest BCUT2D eigenvalue weighted by molar-refractivity contribution is 5.98. The number of Topliss-reactive ketones (excluding diaryl/α,β-unsaturated/α-hetero) is 1. The van der Waals surface area contributed by atoms with Gasteiger partial charge in [-0.05, 0) is 63.4 Å². The van der Waals surface area contributed by atoms with Crippen LogP contribution >= 0.6 is 0 Å². The Kier molecular flexibility index (Phi) is 2.24. The number of fused-ring (bicyclic) bond motifs is 1. The van der Waals surface area contributed by atoms with Crippen LogP contribution in [-0.4, -0.2) is 10.4 Å². The van der Waals surface area contributed by atoms with Crippen LogP contribution in [0.4, 0.5) is 0 Å². The highest BCUT2D eigenvalue weighted by Crippen LogP contribution is 2.53. The summed E-state index contributed by atoms with van der Waals surface area (Å²) in [6.07, 6.45) is 8.54. The monoisotopic (exact) mass is 243 g/mol. The van der Waals surface area contributed by atoms with Crippen molar-refractivity contribution in [3.63, 3.8) is 0 Å². The minimum Gasteiger partial charge on any atom is -0.345 e. The lowest BCUT2D eigenvalue weighted by atomic mass is 9.96. The molecule has 0 aliphatic heterocycles. The van der Waals surface area contributed by atoms with Gasteiger partial charge >= 0.3 is 0 Å². The van der Waals surface area contributed by atoms with E-state index >= 15 is 0 Å². The Bertz CT molecular complexity index is 493. The second kappa shape index (κ2) is 3.72. The summed E-state index contributed by atoms with van der Waals surface area (Å²) in [5.41, 5.74) is 3.75. The van der Waals surface area contributed by atoms with Gasteiger partial charge in [-0.2, -0.15) is 0 Å². The maximum atomic E-state index is 12.0.